The third kappa shape index (κ3) is 4.91. The number of hydrogen-bond acceptors (Lipinski definition) is 5. The molecule has 4 aromatic carbocycles. The average Bonchev–Trinajstić information content (AvgIpc) is 3.30. The van der Waals surface area contributed by atoms with Crippen LogP contribution in [0.5, 0.6) is 0 Å². The Morgan fingerprint density at radius 2 is 1.46 bits per heavy atom. The van der Waals surface area contributed by atoms with E-state index in [1.165, 1.54) is 0 Å². The van der Waals surface area contributed by atoms with Crippen molar-refractivity contribution in [2.45, 2.75) is 12.8 Å². The molecule has 3 heterocycles. The highest BCUT2D eigenvalue weighted by molar-refractivity contribution is 6.07. The first-order chi connectivity index (χ1) is 20.2. The number of carbonyl (C=O) groups excluding carboxylic acids is 1. The third-order valence-corrected chi connectivity index (χ3v) is 7.76. The summed E-state index contributed by atoms with van der Waals surface area (Å²) >= 11 is 0. The number of anilines is 1. The zero-order chi connectivity index (χ0) is 27.6. The number of fused-ring (bicyclic) bond motifs is 2. The lowest BCUT2D eigenvalue weighted by molar-refractivity contribution is 0.0769. The molecule has 0 bridgehead atoms. The Balaban J connectivity index is 1.22. The van der Waals surface area contributed by atoms with Crippen LogP contribution in [0.4, 0.5) is 5.82 Å². The SMILES string of the molecule is O=C(c1cccc2ccccc12)N1CCCN(c2nc(Cc3ccccc3)nc3c2cnn3-c2ccccc2)CC1. The van der Waals surface area contributed by atoms with Crippen LogP contribution in [0, 0.1) is 0 Å². The first-order valence-electron chi connectivity index (χ1n) is 14.1. The molecule has 0 atom stereocenters. The second-order valence-electron chi connectivity index (χ2n) is 10.4. The molecule has 2 aromatic heterocycles. The molecular weight excluding hydrogens is 508 g/mol. The lowest BCUT2D eigenvalue weighted by Gasteiger charge is -2.24. The lowest BCUT2D eigenvalue weighted by atomic mass is 10.0. The van der Waals surface area contributed by atoms with E-state index in [0.29, 0.717) is 26.1 Å². The van der Waals surface area contributed by atoms with E-state index in [2.05, 4.69) is 29.2 Å². The molecule has 1 aliphatic rings. The Kier molecular flexibility index (Phi) is 6.61. The van der Waals surface area contributed by atoms with E-state index in [-0.39, 0.29) is 5.91 Å². The van der Waals surface area contributed by atoms with Crippen molar-refractivity contribution in [3.8, 4) is 5.69 Å². The Labute approximate surface area is 238 Å². The van der Waals surface area contributed by atoms with Gasteiger partial charge >= 0.3 is 0 Å². The topological polar surface area (TPSA) is 67.2 Å². The van der Waals surface area contributed by atoms with Crippen LogP contribution in [0.3, 0.4) is 0 Å². The minimum Gasteiger partial charge on any atom is -0.354 e. The lowest BCUT2D eigenvalue weighted by Crippen LogP contribution is -2.35. The van der Waals surface area contributed by atoms with Crippen LogP contribution in [0.15, 0.2) is 109 Å². The van der Waals surface area contributed by atoms with Crippen LogP contribution < -0.4 is 4.90 Å². The maximum atomic E-state index is 13.7. The molecule has 7 heteroatoms. The Morgan fingerprint density at radius 3 is 2.32 bits per heavy atom. The molecule has 0 saturated carbocycles. The van der Waals surface area contributed by atoms with Gasteiger partial charge < -0.3 is 9.80 Å². The normalized spacial score (nSPS) is 14.0. The van der Waals surface area contributed by atoms with E-state index in [1.807, 2.05) is 94.6 Å². The maximum absolute atomic E-state index is 13.7. The van der Waals surface area contributed by atoms with Gasteiger partial charge in [-0.05, 0) is 41.0 Å². The van der Waals surface area contributed by atoms with E-state index in [4.69, 9.17) is 15.1 Å². The summed E-state index contributed by atoms with van der Waals surface area (Å²) < 4.78 is 1.89. The van der Waals surface area contributed by atoms with Crippen LogP contribution in [0.2, 0.25) is 0 Å². The fourth-order valence-electron chi connectivity index (χ4n) is 5.71. The second-order valence-corrected chi connectivity index (χ2v) is 10.4. The van der Waals surface area contributed by atoms with Crippen LogP contribution in [-0.2, 0) is 6.42 Å². The van der Waals surface area contributed by atoms with Gasteiger partial charge in [-0.3, -0.25) is 4.79 Å². The van der Waals surface area contributed by atoms with Gasteiger partial charge in [-0.25, -0.2) is 14.6 Å². The third-order valence-electron chi connectivity index (χ3n) is 7.76. The zero-order valence-electron chi connectivity index (χ0n) is 22.7. The monoisotopic (exact) mass is 538 g/mol. The molecule has 7 nitrogen and oxygen atoms in total. The van der Waals surface area contributed by atoms with E-state index in [9.17, 15) is 4.79 Å². The van der Waals surface area contributed by atoms with Crippen molar-refractivity contribution in [2.24, 2.45) is 0 Å². The van der Waals surface area contributed by atoms with Gasteiger partial charge in [0.15, 0.2) is 5.65 Å². The highest BCUT2D eigenvalue weighted by atomic mass is 16.2. The van der Waals surface area contributed by atoms with Gasteiger partial charge in [0, 0.05) is 38.2 Å². The predicted octanol–water partition coefficient (Wildman–Crippen LogP) is 5.91. The highest BCUT2D eigenvalue weighted by Crippen LogP contribution is 2.28. The summed E-state index contributed by atoms with van der Waals surface area (Å²) in [4.78, 5) is 28.1. The number of aromatic nitrogens is 4. The maximum Gasteiger partial charge on any atom is 0.254 e. The largest absolute Gasteiger partial charge is 0.354 e. The quantitative estimate of drug-likeness (QED) is 0.273. The first kappa shape index (κ1) is 25.0. The smallest absolute Gasteiger partial charge is 0.254 e. The van der Waals surface area contributed by atoms with Gasteiger partial charge in [0.05, 0.1) is 17.3 Å². The second kappa shape index (κ2) is 10.8. The van der Waals surface area contributed by atoms with Gasteiger partial charge in [-0.15, -0.1) is 0 Å². The van der Waals surface area contributed by atoms with Gasteiger partial charge in [0.1, 0.15) is 11.6 Å². The van der Waals surface area contributed by atoms with E-state index < -0.39 is 0 Å². The molecule has 202 valence electrons. The van der Waals surface area contributed by atoms with Gasteiger partial charge in [0.2, 0.25) is 0 Å². The number of nitrogens with zero attached hydrogens (tertiary/aromatic N) is 6. The van der Waals surface area contributed by atoms with Crippen molar-refractivity contribution in [3.05, 3.63) is 126 Å². The Morgan fingerprint density at radius 1 is 0.707 bits per heavy atom. The summed E-state index contributed by atoms with van der Waals surface area (Å²) in [6.45, 7) is 2.80. The fourth-order valence-corrected chi connectivity index (χ4v) is 5.71. The summed E-state index contributed by atoms with van der Waals surface area (Å²) in [5, 5.41) is 7.72. The number of benzene rings is 4. The van der Waals surface area contributed by atoms with Crippen LogP contribution in [-0.4, -0.2) is 56.7 Å². The highest BCUT2D eigenvalue weighted by Gasteiger charge is 2.25. The molecule has 1 aliphatic heterocycles. The van der Waals surface area contributed by atoms with Gasteiger partial charge in [-0.1, -0.05) is 84.9 Å². The summed E-state index contributed by atoms with van der Waals surface area (Å²) in [6.07, 6.45) is 3.35. The molecule has 0 N–H and O–H groups in total. The predicted molar refractivity (Wildman–Crippen MR) is 163 cm³/mol. The van der Waals surface area contributed by atoms with Crippen LogP contribution in [0.1, 0.15) is 28.2 Å². The van der Waals surface area contributed by atoms with Crippen molar-refractivity contribution in [3.63, 3.8) is 0 Å². The van der Waals surface area contributed by atoms with Gasteiger partial charge in [-0.2, -0.15) is 5.10 Å². The minimum absolute atomic E-state index is 0.0816. The molecule has 41 heavy (non-hydrogen) atoms. The molecule has 6 aromatic rings. The van der Waals surface area contributed by atoms with Crippen molar-refractivity contribution in [1.29, 1.82) is 0 Å². The van der Waals surface area contributed by atoms with Gasteiger partial charge in [0.25, 0.3) is 5.91 Å². The molecule has 1 amide bonds. The summed E-state index contributed by atoms with van der Waals surface area (Å²) in [5.74, 6) is 1.71. The Hall–Kier alpha value is -5.04. The summed E-state index contributed by atoms with van der Waals surface area (Å²) in [6, 6.07) is 34.4. The van der Waals surface area contributed by atoms with Crippen LogP contribution >= 0.6 is 0 Å². The number of para-hydroxylation sites is 1. The molecule has 0 spiro atoms. The average molecular weight is 539 g/mol. The number of hydrogen-bond donors (Lipinski definition) is 0. The van der Waals surface area contributed by atoms with Crippen molar-refractivity contribution >= 4 is 33.5 Å². The number of rotatable bonds is 5. The molecule has 0 unspecified atom stereocenters. The minimum atomic E-state index is 0.0816. The molecule has 1 fully saturated rings. The van der Waals surface area contributed by atoms with Crippen molar-refractivity contribution in [1.82, 2.24) is 24.6 Å². The number of carbonyl (C=O) groups is 1. The molecule has 0 aliphatic carbocycles. The molecular formula is C34H30N6O. The van der Waals surface area contributed by atoms with E-state index in [1.54, 1.807) is 0 Å². The molecule has 1 saturated heterocycles. The zero-order valence-corrected chi connectivity index (χ0v) is 22.7. The fraction of sp³-hybridized carbons (Fsp3) is 0.176. The molecule has 7 rings (SSSR count). The van der Waals surface area contributed by atoms with Crippen molar-refractivity contribution in [2.75, 3.05) is 31.1 Å². The van der Waals surface area contributed by atoms with Crippen molar-refractivity contribution < 1.29 is 4.79 Å². The Bertz CT molecular complexity index is 1830. The first-order valence-corrected chi connectivity index (χ1v) is 14.1. The molecule has 0 radical (unpaired) electrons. The standard InChI is InChI=1S/C34H30N6O/c41-34(29-18-9-14-26-13-7-8-17-28(26)29)39-20-10-19-38(21-22-39)32-30-24-35-40(27-15-5-2-6-16-27)33(30)37-31(36-32)23-25-11-3-1-4-12-25/h1-9,11-18,24H,10,19-23H2. The summed E-state index contributed by atoms with van der Waals surface area (Å²) in [5.41, 5.74) is 3.67. The number of amides is 1. The van der Waals surface area contributed by atoms with E-state index >= 15 is 0 Å². The van der Waals surface area contributed by atoms with E-state index in [0.717, 1.165) is 63.2 Å². The van der Waals surface area contributed by atoms with Crippen LogP contribution in [0.25, 0.3) is 27.5 Å². The summed E-state index contributed by atoms with van der Waals surface area (Å²) in [7, 11) is 0.